The Hall–Kier alpha value is -0.830. The molecule has 0 aliphatic rings. The van der Waals surface area contributed by atoms with Gasteiger partial charge in [-0.05, 0) is 18.9 Å². The summed E-state index contributed by atoms with van der Waals surface area (Å²) in [5.41, 5.74) is 0.0648. The van der Waals surface area contributed by atoms with Crippen LogP contribution in [0.25, 0.3) is 0 Å². The van der Waals surface area contributed by atoms with E-state index in [0.29, 0.717) is 0 Å². The smallest absolute Gasteiger partial charge is 0.0777 e. The molecule has 0 saturated carbocycles. The molecular formula is C10H21NO2. The molecule has 0 amide bonds. The molecule has 0 spiro atoms. The lowest BCUT2D eigenvalue weighted by Crippen LogP contribution is -2.34. The van der Waals surface area contributed by atoms with Gasteiger partial charge >= 0.3 is 0 Å². The van der Waals surface area contributed by atoms with Crippen molar-refractivity contribution in [3.05, 3.63) is 12.2 Å². The van der Waals surface area contributed by atoms with Crippen LogP contribution in [0.3, 0.4) is 0 Å². The van der Waals surface area contributed by atoms with Crippen molar-refractivity contribution in [2.75, 3.05) is 27.7 Å². The number of carbonyl (C=O) groups is 1. The van der Waals surface area contributed by atoms with E-state index in [4.69, 9.17) is 0 Å². The zero-order valence-corrected chi connectivity index (χ0v) is 9.39. The first-order chi connectivity index (χ1) is 5.70. The molecule has 0 heterocycles. The number of hydrogen-bond acceptors (Lipinski definition) is 2. The number of rotatable bonds is 3. The number of nitrogens with zero attached hydrogens (tertiary/aromatic N) is 1. The highest BCUT2D eigenvalue weighted by atomic mass is 16.4. The topological polar surface area (TPSA) is 40.1 Å². The second kappa shape index (κ2) is 6.66. The van der Waals surface area contributed by atoms with Gasteiger partial charge in [0.1, 0.15) is 0 Å². The molecule has 0 saturated heterocycles. The Bertz CT molecular complexity index is 156. The highest BCUT2D eigenvalue weighted by molar-refractivity contribution is 5.82. The Morgan fingerprint density at radius 2 is 1.69 bits per heavy atom. The predicted molar refractivity (Wildman–Crippen MR) is 53.0 cm³/mol. The van der Waals surface area contributed by atoms with Crippen LogP contribution in [0, 0.1) is 0 Å². The van der Waals surface area contributed by atoms with Crippen molar-refractivity contribution in [3.63, 3.8) is 0 Å². The molecule has 0 aromatic heterocycles. The quantitative estimate of drug-likeness (QED) is 0.474. The Morgan fingerprint density at radius 1 is 1.38 bits per heavy atom. The van der Waals surface area contributed by atoms with Gasteiger partial charge in [-0.2, -0.15) is 0 Å². The van der Waals surface area contributed by atoms with Crippen molar-refractivity contribution < 1.29 is 14.4 Å². The number of carboxylic acids is 1. The monoisotopic (exact) mass is 187 g/mol. The van der Waals surface area contributed by atoms with E-state index in [2.05, 4.69) is 34.6 Å². The van der Waals surface area contributed by atoms with Crippen molar-refractivity contribution in [1.29, 1.82) is 0 Å². The molecule has 13 heavy (non-hydrogen) atoms. The average Bonchev–Trinajstić information content (AvgIpc) is 1.85. The summed E-state index contributed by atoms with van der Waals surface area (Å²) >= 11 is 0. The third kappa shape index (κ3) is 18.3. The van der Waals surface area contributed by atoms with Crippen molar-refractivity contribution in [2.24, 2.45) is 0 Å². The number of carboxylic acid groups (broad SMARTS) is 1. The molecule has 0 aromatic rings. The Balaban J connectivity index is 0. The van der Waals surface area contributed by atoms with Crippen LogP contribution in [0.2, 0.25) is 0 Å². The molecule has 0 atom stereocenters. The van der Waals surface area contributed by atoms with E-state index in [0.717, 1.165) is 4.48 Å². The van der Waals surface area contributed by atoms with Gasteiger partial charge in [-0.25, -0.2) is 0 Å². The molecule has 0 aromatic carbocycles. The first-order valence-electron chi connectivity index (χ1n) is 4.38. The van der Waals surface area contributed by atoms with Crippen molar-refractivity contribution in [3.8, 4) is 0 Å². The van der Waals surface area contributed by atoms with Crippen molar-refractivity contribution in [2.45, 2.75) is 20.3 Å². The zero-order chi connectivity index (χ0) is 11.1. The van der Waals surface area contributed by atoms with Gasteiger partial charge in [0.2, 0.25) is 0 Å². The van der Waals surface area contributed by atoms with E-state index >= 15 is 0 Å². The second-order valence-electron chi connectivity index (χ2n) is 4.08. The maximum Gasteiger partial charge on any atom is 0.0777 e. The maximum absolute atomic E-state index is 9.49. The highest BCUT2D eigenvalue weighted by Gasteiger charge is 2.01. The van der Waals surface area contributed by atoms with Crippen LogP contribution in [-0.4, -0.2) is 38.1 Å². The molecule has 0 aliphatic carbocycles. The maximum atomic E-state index is 9.49. The molecule has 0 unspecified atom stereocenters. The van der Waals surface area contributed by atoms with Crippen LogP contribution in [0.15, 0.2) is 12.2 Å². The Kier molecular flexibility index (Phi) is 7.52. The molecule has 0 bridgehead atoms. The summed E-state index contributed by atoms with van der Waals surface area (Å²) in [5, 5.41) is 9.49. The van der Waals surface area contributed by atoms with E-state index in [9.17, 15) is 9.90 Å². The van der Waals surface area contributed by atoms with Gasteiger partial charge in [-0.15, -0.1) is 0 Å². The molecule has 0 fully saturated rings. The normalized spacial score (nSPS) is 9.92. The summed E-state index contributed by atoms with van der Waals surface area (Å²) in [6.45, 7) is 7.97. The number of quaternary nitrogens is 1. The molecular weight excluding hydrogens is 166 g/mol. The summed E-state index contributed by atoms with van der Waals surface area (Å²) < 4.78 is 1.09. The molecule has 78 valence electrons. The molecule has 0 aliphatic heterocycles. The summed E-state index contributed by atoms with van der Waals surface area (Å²) in [5.74, 6) is -1.19. The van der Waals surface area contributed by atoms with Crippen LogP contribution < -0.4 is 5.11 Å². The Labute approximate surface area is 81.3 Å². The summed E-state index contributed by atoms with van der Waals surface area (Å²) in [6, 6.07) is 0. The van der Waals surface area contributed by atoms with E-state index in [1.807, 2.05) is 0 Å². The van der Waals surface area contributed by atoms with Crippen LogP contribution in [0.1, 0.15) is 20.3 Å². The molecule has 0 N–H and O–H groups in total. The minimum atomic E-state index is -1.19. The van der Waals surface area contributed by atoms with Crippen LogP contribution in [0.5, 0.6) is 0 Å². The SMILES string of the molecule is C=C(C)C(=O)[O-].CCC[N+](C)(C)C. The fraction of sp³-hybridized carbons (Fsp3) is 0.700. The number of hydrogen-bond donors (Lipinski definition) is 0. The predicted octanol–water partition coefficient (Wildman–Crippen LogP) is 0.415. The molecule has 0 rings (SSSR count). The van der Waals surface area contributed by atoms with Crippen LogP contribution in [-0.2, 0) is 4.79 Å². The standard InChI is InChI=1S/C6H16N.C4H6O2/c1-5-6-7(2,3)4;1-3(2)4(5)6/h5-6H2,1-4H3;1H2,2H3,(H,5,6)/q+1;/p-1. The van der Waals surface area contributed by atoms with Gasteiger partial charge in [0.05, 0.1) is 33.7 Å². The van der Waals surface area contributed by atoms with E-state index in [-0.39, 0.29) is 5.57 Å². The minimum absolute atomic E-state index is 0.0648. The zero-order valence-electron chi connectivity index (χ0n) is 9.39. The van der Waals surface area contributed by atoms with Gasteiger partial charge in [0.25, 0.3) is 0 Å². The lowest BCUT2D eigenvalue weighted by atomic mass is 10.4. The largest absolute Gasteiger partial charge is 0.545 e. The average molecular weight is 187 g/mol. The van der Waals surface area contributed by atoms with Crippen LogP contribution >= 0.6 is 0 Å². The van der Waals surface area contributed by atoms with Crippen molar-refractivity contribution in [1.82, 2.24) is 0 Å². The summed E-state index contributed by atoms with van der Waals surface area (Å²) in [4.78, 5) is 9.49. The molecule has 0 radical (unpaired) electrons. The lowest BCUT2D eigenvalue weighted by molar-refractivity contribution is -0.870. The van der Waals surface area contributed by atoms with Gasteiger partial charge in [-0.1, -0.05) is 13.5 Å². The van der Waals surface area contributed by atoms with Gasteiger partial charge in [-0.3, -0.25) is 0 Å². The first-order valence-corrected chi connectivity index (χ1v) is 4.38. The first kappa shape index (κ1) is 14.7. The highest BCUT2D eigenvalue weighted by Crippen LogP contribution is 1.90. The third-order valence-corrected chi connectivity index (χ3v) is 1.24. The summed E-state index contributed by atoms with van der Waals surface area (Å²) in [7, 11) is 6.64. The Morgan fingerprint density at radius 3 is 1.69 bits per heavy atom. The van der Waals surface area contributed by atoms with Gasteiger partial charge in [0.15, 0.2) is 0 Å². The second-order valence-corrected chi connectivity index (χ2v) is 4.08. The van der Waals surface area contributed by atoms with Gasteiger partial charge < -0.3 is 14.4 Å². The number of aliphatic carboxylic acids is 1. The fourth-order valence-electron chi connectivity index (χ4n) is 0.671. The van der Waals surface area contributed by atoms with Crippen LogP contribution in [0.4, 0.5) is 0 Å². The van der Waals surface area contributed by atoms with E-state index in [1.165, 1.54) is 19.9 Å². The number of carbonyl (C=O) groups excluding carboxylic acids is 1. The fourth-order valence-corrected chi connectivity index (χ4v) is 0.671. The van der Waals surface area contributed by atoms with E-state index < -0.39 is 5.97 Å². The minimum Gasteiger partial charge on any atom is -0.545 e. The third-order valence-electron chi connectivity index (χ3n) is 1.24. The molecule has 3 heteroatoms. The summed E-state index contributed by atoms with van der Waals surface area (Å²) in [6.07, 6.45) is 1.28. The molecule has 3 nitrogen and oxygen atoms in total. The van der Waals surface area contributed by atoms with Crippen molar-refractivity contribution >= 4 is 5.97 Å². The van der Waals surface area contributed by atoms with Gasteiger partial charge in [0, 0.05) is 0 Å². The lowest BCUT2D eigenvalue weighted by Gasteiger charge is -2.22. The van der Waals surface area contributed by atoms with E-state index in [1.54, 1.807) is 0 Å².